The number of carbonyl (C=O) groups is 2. The smallest absolute Gasteiger partial charge is 0.353 e. The van der Waals surface area contributed by atoms with E-state index in [1.165, 1.54) is 24.6 Å². The first kappa shape index (κ1) is 26.3. The zero-order chi connectivity index (χ0) is 26.5. The maximum atomic E-state index is 12.9. The highest BCUT2D eigenvalue weighted by molar-refractivity contribution is 7.17. The molecule has 0 aliphatic carbocycles. The van der Waals surface area contributed by atoms with Crippen LogP contribution in [0.3, 0.4) is 0 Å². The summed E-state index contributed by atoms with van der Waals surface area (Å²) in [5, 5.41) is 9.87. The number of aromatic nitrogens is 3. The molecule has 11 nitrogen and oxygen atoms in total. The van der Waals surface area contributed by atoms with Gasteiger partial charge < -0.3 is 15.0 Å². The Morgan fingerprint density at radius 2 is 1.89 bits per heavy atom. The lowest BCUT2D eigenvalue weighted by atomic mass is 10.2. The summed E-state index contributed by atoms with van der Waals surface area (Å²) in [4.78, 5) is 40.4. The number of hydrogen-bond acceptors (Lipinski definition) is 11. The lowest BCUT2D eigenvalue weighted by Gasteiger charge is -2.34. The molecule has 37 heavy (non-hydrogen) atoms. The van der Waals surface area contributed by atoms with Crippen molar-refractivity contribution in [3.8, 4) is 0 Å². The van der Waals surface area contributed by atoms with Crippen LogP contribution in [0.5, 0.6) is 0 Å². The molecule has 0 unspecified atom stereocenters. The van der Waals surface area contributed by atoms with Crippen LogP contribution in [-0.4, -0.2) is 70.8 Å². The van der Waals surface area contributed by atoms with E-state index < -0.39 is 5.97 Å². The minimum Gasteiger partial charge on any atom is -0.464 e. The Balaban J connectivity index is 1.42. The number of hydrogen-bond donors (Lipinski definition) is 1. The van der Waals surface area contributed by atoms with Crippen molar-refractivity contribution in [2.45, 2.75) is 20.8 Å². The molecule has 0 bridgehead atoms. The maximum Gasteiger partial charge on any atom is 0.353 e. The Kier molecular flexibility index (Phi) is 8.19. The molecule has 0 saturated carbocycles. The molecule has 2 aromatic heterocycles. The molecule has 1 N–H and O–H groups in total. The van der Waals surface area contributed by atoms with Gasteiger partial charge in [-0.25, -0.2) is 24.2 Å². The van der Waals surface area contributed by atoms with Crippen LogP contribution in [0.1, 0.15) is 28.0 Å². The number of nitrogens with one attached hydrogen (secondary N) is 1. The molecule has 0 atom stereocenters. The van der Waals surface area contributed by atoms with Gasteiger partial charge in [-0.1, -0.05) is 29.5 Å². The zero-order valence-corrected chi connectivity index (χ0v) is 22.5. The SMILES string of the molecule is COC(=O)C(C)=NN1CCN(c2cc(Nc3ncc(C(=O)N(Cl)c4ccccc4C)s3)nc(C)n2)CC1. The first-order valence-corrected chi connectivity index (χ1v) is 12.7. The monoisotopic (exact) mass is 542 g/mol. The number of benzene rings is 1. The van der Waals surface area contributed by atoms with Gasteiger partial charge in [0.25, 0.3) is 5.91 Å². The van der Waals surface area contributed by atoms with Crippen molar-refractivity contribution in [2.24, 2.45) is 5.10 Å². The Labute approximate surface area is 223 Å². The van der Waals surface area contributed by atoms with Crippen LogP contribution in [0.25, 0.3) is 0 Å². The third-order valence-corrected chi connectivity index (χ3v) is 6.87. The number of nitrogens with zero attached hydrogens (tertiary/aromatic N) is 7. The number of thiazole rings is 1. The number of carbonyl (C=O) groups excluding carboxylic acids is 2. The number of methoxy groups -OCH3 is 1. The van der Waals surface area contributed by atoms with Crippen LogP contribution in [0.4, 0.5) is 22.5 Å². The number of piperazine rings is 1. The van der Waals surface area contributed by atoms with Gasteiger partial charge in [-0.2, -0.15) is 5.10 Å². The molecule has 1 aliphatic heterocycles. The molecule has 4 rings (SSSR count). The Bertz CT molecular complexity index is 1320. The van der Waals surface area contributed by atoms with E-state index in [9.17, 15) is 9.59 Å². The Hall–Kier alpha value is -3.77. The van der Waals surface area contributed by atoms with Crippen molar-refractivity contribution in [3.63, 3.8) is 0 Å². The quantitative estimate of drug-likeness (QED) is 0.270. The number of esters is 1. The van der Waals surface area contributed by atoms with Crippen molar-refractivity contribution in [1.82, 2.24) is 20.0 Å². The number of aryl methyl sites for hydroxylation is 2. The summed E-state index contributed by atoms with van der Waals surface area (Å²) in [6.07, 6.45) is 1.49. The van der Waals surface area contributed by atoms with Gasteiger partial charge in [0.05, 0.1) is 32.1 Å². The second kappa shape index (κ2) is 11.5. The first-order valence-electron chi connectivity index (χ1n) is 11.5. The van der Waals surface area contributed by atoms with Gasteiger partial charge in [0.15, 0.2) is 5.13 Å². The molecule has 1 amide bonds. The van der Waals surface area contributed by atoms with E-state index in [2.05, 4.69) is 30.3 Å². The highest BCUT2D eigenvalue weighted by Crippen LogP contribution is 2.28. The number of para-hydroxylation sites is 1. The topological polar surface area (TPSA) is 116 Å². The molecular weight excluding hydrogens is 516 g/mol. The summed E-state index contributed by atoms with van der Waals surface area (Å²) < 4.78 is 5.81. The molecule has 13 heteroatoms. The van der Waals surface area contributed by atoms with Crippen molar-refractivity contribution in [3.05, 3.63) is 52.8 Å². The van der Waals surface area contributed by atoms with E-state index in [4.69, 9.17) is 16.5 Å². The number of ether oxygens (including phenoxy) is 1. The van der Waals surface area contributed by atoms with Gasteiger partial charge in [-0.05, 0) is 32.4 Å². The van der Waals surface area contributed by atoms with Crippen molar-refractivity contribution < 1.29 is 14.3 Å². The summed E-state index contributed by atoms with van der Waals surface area (Å²) in [6.45, 7) is 7.96. The number of rotatable bonds is 7. The summed E-state index contributed by atoms with van der Waals surface area (Å²) in [5.74, 6) is 1.14. The highest BCUT2D eigenvalue weighted by Gasteiger charge is 2.22. The molecule has 0 spiro atoms. The summed E-state index contributed by atoms with van der Waals surface area (Å²) in [6, 6.07) is 9.24. The van der Waals surface area contributed by atoms with Crippen molar-refractivity contribution >= 4 is 63.2 Å². The second-order valence-electron chi connectivity index (χ2n) is 8.30. The number of halogens is 1. The fourth-order valence-electron chi connectivity index (χ4n) is 3.73. The normalized spacial score (nSPS) is 13.9. The highest BCUT2D eigenvalue weighted by atomic mass is 35.5. The molecule has 1 aromatic carbocycles. The van der Waals surface area contributed by atoms with Crippen LogP contribution in [0.15, 0.2) is 41.6 Å². The average molecular weight is 543 g/mol. The number of hydrazone groups is 1. The van der Waals surface area contributed by atoms with Crippen molar-refractivity contribution in [2.75, 3.05) is 47.9 Å². The van der Waals surface area contributed by atoms with E-state index in [1.807, 2.05) is 43.1 Å². The summed E-state index contributed by atoms with van der Waals surface area (Å²) in [7, 11) is 1.34. The molecule has 1 aliphatic rings. The van der Waals surface area contributed by atoms with Gasteiger partial charge in [0, 0.05) is 30.9 Å². The molecule has 1 saturated heterocycles. The average Bonchev–Trinajstić information content (AvgIpc) is 3.36. The van der Waals surface area contributed by atoms with Gasteiger partial charge >= 0.3 is 5.97 Å². The van der Waals surface area contributed by atoms with E-state index in [-0.39, 0.29) is 5.91 Å². The van der Waals surface area contributed by atoms with Crippen LogP contribution in [0.2, 0.25) is 0 Å². The maximum absolute atomic E-state index is 12.9. The molecule has 1 fully saturated rings. The first-order chi connectivity index (χ1) is 17.7. The van der Waals surface area contributed by atoms with E-state index in [0.29, 0.717) is 59.2 Å². The van der Waals surface area contributed by atoms with Crippen LogP contribution in [-0.2, 0) is 9.53 Å². The minimum atomic E-state index is -0.439. The van der Waals surface area contributed by atoms with Gasteiger partial charge in [-0.3, -0.25) is 9.80 Å². The molecule has 3 aromatic rings. The van der Waals surface area contributed by atoms with E-state index in [0.717, 1.165) is 15.8 Å². The van der Waals surface area contributed by atoms with Gasteiger partial charge in [0.1, 0.15) is 28.0 Å². The predicted molar refractivity (Wildman–Crippen MR) is 145 cm³/mol. The molecular formula is C24H27ClN8O3S. The summed E-state index contributed by atoms with van der Waals surface area (Å²) >= 11 is 7.53. The number of anilines is 4. The second-order valence-corrected chi connectivity index (χ2v) is 9.67. The third kappa shape index (κ3) is 6.33. The summed E-state index contributed by atoms with van der Waals surface area (Å²) in [5.41, 5.74) is 1.83. The van der Waals surface area contributed by atoms with Gasteiger partial charge in [-0.15, -0.1) is 0 Å². The molecule has 3 heterocycles. The fraction of sp³-hybridized carbons (Fsp3) is 0.333. The lowest BCUT2D eigenvalue weighted by molar-refractivity contribution is -0.132. The van der Waals surface area contributed by atoms with E-state index in [1.54, 1.807) is 13.0 Å². The van der Waals surface area contributed by atoms with Crippen LogP contribution in [0, 0.1) is 13.8 Å². The lowest BCUT2D eigenvalue weighted by Crippen LogP contribution is -2.45. The molecule has 0 radical (unpaired) electrons. The minimum absolute atomic E-state index is 0.317. The third-order valence-electron chi connectivity index (χ3n) is 5.63. The van der Waals surface area contributed by atoms with Crippen LogP contribution < -0.4 is 14.6 Å². The van der Waals surface area contributed by atoms with E-state index >= 15 is 0 Å². The Morgan fingerprint density at radius 3 is 2.59 bits per heavy atom. The largest absolute Gasteiger partial charge is 0.464 e. The zero-order valence-electron chi connectivity index (χ0n) is 20.9. The molecule has 194 valence electrons. The fourth-order valence-corrected chi connectivity index (χ4v) is 4.82. The van der Waals surface area contributed by atoms with Crippen molar-refractivity contribution in [1.29, 1.82) is 0 Å². The van der Waals surface area contributed by atoms with Crippen LogP contribution >= 0.6 is 23.1 Å². The number of amides is 1. The standard InChI is InChI=1S/C24H27ClN8O3S/c1-15-7-5-6-8-18(15)33(25)22(34)19-14-26-24(37-19)29-20-13-21(28-17(3)27-20)31-9-11-32(12-10-31)30-16(2)23(35)36-4/h5-8,13-14H,9-12H2,1-4H3,(H,26,27,28,29). The van der Waals surface area contributed by atoms with Gasteiger partial charge in [0.2, 0.25) is 0 Å². The Morgan fingerprint density at radius 1 is 1.16 bits per heavy atom. The predicted octanol–water partition coefficient (Wildman–Crippen LogP) is 3.77.